The number of fused-ring (bicyclic) bond motifs is 1. The molecular weight excluding hydrogens is 362 g/mol. The van der Waals surface area contributed by atoms with E-state index in [9.17, 15) is 20.0 Å². The van der Waals surface area contributed by atoms with Crippen molar-refractivity contribution < 1.29 is 24.3 Å². The standard InChI is InChI=1S/C21H29NO6/c1-4-14-11-21(6-3)18(20(24,5-2)13-28-21)17(14)12-27-19(23)15-7-9-16(10-8-15)22(25)26/h7-10,14,17-18,24H,4-6,11-13H2,1-3H3/t14-,17+,18-,20-,21-/m1/s1. The number of benzene rings is 1. The van der Waals surface area contributed by atoms with Gasteiger partial charge in [-0.3, -0.25) is 10.1 Å². The molecule has 1 aromatic carbocycles. The predicted molar refractivity (Wildman–Crippen MR) is 103 cm³/mol. The van der Waals surface area contributed by atoms with Crippen molar-refractivity contribution in [3.8, 4) is 0 Å². The van der Waals surface area contributed by atoms with Gasteiger partial charge in [-0.15, -0.1) is 0 Å². The van der Waals surface area contributed by atoms with Gasteiger partial charge in [-0.25, -0.2) is 4.79 Å². The lowest BCUT2D eigenvalue weighted by atomic mass is 9.73. The molecule has 2 aliphatic rings. The first-order valence-electron chi connectivity index (χ1n) is 10.1. The normalized spacial score (nSPS) is 34.2. The fourth-order valence-electron chi connectivity index (χ4n) is 5.22. The Balaban J connectivity index is 1.76. The molecule has 5 atom stereocenters. The fourth-order valence-corrected chi connectivity index (χ4v) is 5.22. The topological polar surface area (TPSA) is 98.9 Å². The Bertz CT molecular complexity index is 735. The Labute approximate surface area is 165 Å². The summed E-state index contributed by atoms with van der Waals surface area (Å²) in [6.07, 6.45) is 3.22. The largest absolute Gasteiger partial charge is 0.462 e. The maximum Gasteiger partial charge on any atom is 0.338 e. The first-order chi connectivity index (χ1) is 13.3. The molecule has 1 saturated carbocycles. The minimum Gasteiger partial charge on any atom is -0.462 e. The highest BCUT2D eigenvalue weighted by molar-refractivity contribution is 5.89. The Morgan fingerprint density at radius 1 is 1.29 bits per heavy atom. The van der Waals surface area contributed by atoms with Gasteiger partial charge in [0.15, 0.2) is 0 Å². The van der Waals surface area contributed by atoms with Gasteiger partial charge in [0.2, 0.25) is 0 Å². The summed E-state index contributed by atoms with van der Waals surface area (Å²) in [5, 5.41) is 21.9. The van der Waals surface area contributed by atoms with Gasteiger partial charge >= 0.3 is 5.97 Å². The zero-order valence-electron chi connectivity index (χ0n) is 16.7. The molecule has 3 rings (SSSR count). The number of esters is 1. The number of ether oxygens (including phenoxy) is 2. The van der Waals surface area contributed by atoms with Gasteiger partial charge in [-0.1, -0.05) is 27.2 Å². The average molecular weight is 391 g/mol. The lowest BCUT2D eigenvalue weighted by molar-refractivity contribution is -0.384. The molecule has 0 unspecified atom stereocenters. The van der Waals surface area contributed by atoms with E-state index < -0.39 is 16.5 Å². The molecule has 1 aromatic rings. The molecule has 28 heavy (non-hydrogen) atoms. The Kier molecular flexibility index (Phi) is 5.77. The maximum atomic E-state index is 12.5. The second-order valence-electron chi connectivity index (χ2n) is 8.08. The van der Waals surface area contributed by atoms with Crippen molar-refractivity contribution >= 4 is 11.7 Å². The quantitative estimate of drug-likeness (QED) is 0.432. The number of non-ortho nitro benzene ring substituents is 1. The van der Waals surface area contributed by atoms with Crippen LogP contribution in [0.5, 0.6) is 0 Å². The molecule has 1 saturated heterocycles. The van der Waals surface area contributed by atoms with Gasteiger partial charge in [-0.05, 0) is 37.3 Å². The highest BCUT2D eigenvalue weighted by Gasteiger charge is 2.64. The van der Waals surface area contributed by atoms with E-state index in [0.29, 0.717) is 18.9 Å². The number of carbonyl (C=O) groups excluding carboxylic acids is 1. The lowest BCUT2D eigenvalue weighted by Gasteiger charge is -2.36. The van der Waals surface area contributed by atoms with Gasteiger partial charge in [-0.2, -0.15) is 0 Å². The van der Waals surface area contributed by atoms with Gasteiger partial charge in [0, 0.05) is 24.0 Å². The van der Waals surface area contributed by atoms with Crippen molar-refractivity contribution in [2.24, 2.45) is 17.8 Å². The summed E-state index contributed by atoms with van der Waals surface area (Å²) in [7, 11) is 0. The van der Waals surface area contributed by atoms with Crippen molar-refractivity contribution in [1.29, 1.82) is 0 Å². The highest BCUT2D eigenvalue weighted by atomic mass is 16.6. The van der Waals surface area contributed by atoms with Gasteiger partial charge in [0.1, 0.15) is 0 Å². The van der Waals surface area contributed by atoms with Gasteiger partial charge in [0.25, 0.3) is 5.69 Å². The maximum absolute atomic E-state index is 12.5. The van der Waals surface area contributed by atoms with Crippen molar-refractivity contribution in [2.45, 2.75) is 57.7 Å². The number of hydrogen-bond acceptors (Lipinski definition) is 6. The summed E-state index contributed by atoms with van der Waals surface area (Å²) in [6.45, 7) is 6.71. The smallest absolute Gasteiger partial charge is 0.338 e. The Morgan fingerprint density at radius 2 is 1.96 bits per heavy atom. The first-order valence-corrected chi connectivity index (χ1v) is 10.1. The molecule has 154 valence electrons. The van der Waals surface area contributed by atoms with E-state index >= 15 is 0 Å². The second-order valence-corrected chi connectivity index (χ2v) is 8.08. The van der Waals surface area contributed by atoms with Crippen LogP contribution in [0.1, 0.15) is 56.8 Å². The van der Waals surface area contributed by atoms with Crippen LogP contribution in [0.4, 0.5) is 5.69 Å². The molecule has 1 heterocycles. The van der Waals surface area contributed by atoms with Crippen molar-refractivity contribution in [2.75, 3.05) is 13.2 Å². The summed E-state index contributed by atoms with van der Waals surface area (Å²) in [4.78, 5) is 22.7. The lowest BCUT2D eigenvalue weighted by Crippen LogP contribution is -2.45. The second kappa shape index (κ2) is 7.79. The minimum atomic E-state index is -0.898. The third-order valence-corrected chi connectivity index (χ3v) is 6.85. The van der Waals surface area contributed by atoms with E-state index in [0.717, 1.165) is 19.3 Å². The zero-order valence-corrected chi connectivity index (χ0v) is 16.7. The number of hydrogen-bond donors (Lipinski definition) is 1. The SMILES string of the molecule is CC[C@@H]1C[C@@]2(CC)OC[C@](O)(CC)[C@H]2[C@H]1COC(=O)c1ccc([N+](=O)[O-])cc1. The van der Waals surface area contributed by atoms with Gasteiger partial charge < -0.3 is 14.6 Å². The van der Waals surface area contributed by atoms with E-state index in [2.05, 4.69) is 13.8 Å². The predicted octanol–water partition coefficient (Wildman–Crippen LogP) is 3.73. The molecule has 0 bridgehead atoms. The molecule has 7 nitrogen and oxygen atoms in total. The summed E-state index contributed by atoms with van der Waals surface area (Å²) >= 11 is 0. The average Bonchev–Trinajstić information content (AvgIpc) is 3.19. The van der Waals surface area contributed by atoms with Crippen LogP contribution < -0.4 is 0 Å². The summed E-state index contributed by atoms with van der Waals surface area (Å²) < 4.78 is 11.8. The molecule has 0 amide bonds. The van der Waals surface area contributed by atoms with Crippen molar-refractivity contribution in [1.82, 2.24) is 0 Å². The van der Waals surface area contributed by atoms with Crippen LogP contribution in [0.15, 0.2) is 24.3 Å². The summed E-state index contributed by atoms with van der Waals surface area (Å²) in [5.41, 5.74) is -1.03. The Morgan fingerprint density at radius 3 is 2.50 bits per heavy atom. The number of carbonyl (C=O) groups is 1. The molecule has 1 aliphatic heterocycles. The van der Waals surface area contributed by atoms with Crippen molar-refractivity contribution in [3.63, 3.8) is 0 Å². The number of nitrogens with zero attached hydrogens (tertiary/aromatic N) is 1. The zero-order chi connectivity index (χ0) is 20.5. The molecule has 0 aromatic heterocycles. The van der Waals surface area contributed by atoms with Crippen LogP contribution in [-0.2, 0) is 9.47 Å². The van der Waals surface area contributed by atoms with E-state index in [1.165, 1.54) is 24.3 Å². The fraction of sp³-hybridized carbons (Fsp3) is 0.667. The first kappa shape index (κ1) is 20.7. The van der Waals surface area contributed by atoms with Crippen LogP contribution in [0.2, 0.25) is 0 Å². The monoisotopic (exact) mass is 391 g/mol. The van der Waals surface area contributed by atoms with Crippen LogP contribution in [0.3, 0.4) is 0 Å². The third-order valence-electron chi connectivity index (χ3n) is 6.85. The Hall–Kier alpha value is -1.99. The van der Waals surface area contributed by atoms with Crippen LogP contribution in [0, 0.1) is 27.9 Å². The van der Waals surface area contributed by atoms with Crippen LogP contribution in [-0.4, -0.2) is 40.4 Å². The number of nitro groups is 1. The summed E-state index contributed by atoms with van der Waals surface area (Å²) in [5.74, 6) is -0.227. The molecular formula is C21H29NO6. The number of nitro benzene ring substituents is 1. The molecule has 0 spiro atoms. The molecule has 7 heteroatoms. The summed E-state index contributed by atoms with van der Waals surface area (Å²) in [6, 6.07) is 5.40. The van der Waals surface area contributed by atoms with E-state index in [1.807, 2.05) is 6.92 Å². The number of rotatable bonds is 7. The highest BCUT2D eigenvalue weighted by Crippen LogP contribution is 2.58. The van der Waals surface area contributed by atoms with Gasteiger partial charge in [0.05, 0.1) is 34.9 Å². The molecule has 1 aliphatic carbocycles. The van der Waals surface area contributed by atoms with E-state index in [-0.39, 0.29) is 35.3 Å². The third kappa shape index (κ3) is 3.42. The molecule has 1 N–H and O–H groups in total. The van der Waals surface area contributed by atoms with E-state index in [4.69, 9.17) is 9.47 Å². The minimum absolute atomic E-state index is 0.0272. The molecule has 2 fully saturated rings. The number of aliphatic hydroxyl groups is 1. The van der Waals surface area contributed by atoms with Crippen molar-refractivity contribution in [3.05, 3.63) is 39.9 Å². The van der Waals surface area contributed by atoms with E-state index in [1.54, 1.807) is 0 Å². The van der Waals surface area contributed by atoms with Crippen LogP contribution >= 0.6 is 0 Å². The van der Waals surface area contributed by atoms with Crippen LogP contribution in [0.25, 0.3) is 0 Å². The molecule has 0 radical (unpaired) electrons.